The van der Waals surface area contributed by atoms with E-state index in [1.807, 2.05) is 42.5 Å². The Morgan fingerprint density at radius 2 is 1.96 bits per heavy atom. The van der Waals surface area contributed by atoms with Crippen LogP contribution in [0.2, 0.25) is 0 Å². The van der Waals surface area contributed by atoms with E-state index in [2.05, 4.69) is 15.5 Å². The molecule has 0 spiro atoms. The standard InChI is InChI=1S/C17H12N4O3/c1-10-15(17(22)23)18-20-21(10)12-7-8-14-13(9-12)16(24-19-14)11-5-3-2-4-6-11/h2-9H,1H3,(H,22,23). The fourth-order valence-corrected chi connectivity index (χ4v) is 2.63. The van der Waals surface area contributed by atoms with Gasteiger partial charge in [-0.3, -0.25) is 0 Å². The first-order chi connectivity index (χ1) is 11.6. The molecule has 2 aromatic heterocycles. The molecule has 0 fully saturated rings. The molecule has 1 N–H and O–H groups in total. The summed E-state index contributed by atoms with van der Waals surface area (Å²) in [6, 6.07) is 15.1. The van der Waals surface area contributed by atoms with E-state index in [1.165, 1.54) is 4.68 Å². The van der Waals surface area contributed by atoms with Gasteiger partial charge in [0, 0.05) is 5.56 Å². The highest BCUT2D eigenvalue weighted by Crippen LogP contribution is 2.30. The quantitative estimate of drug-likeness (QED) is 0.623. The number of benzene rings is 2. The van der Waals surface area contributed by atoms with Crippen molar-refractivity contribution in [3.63, 3.8) is 0 Å². The minimum Gasteiger partial charge on any atom is -0.476 e. The van der Waals surface area contributed by atoms with Gasteiger partial charge in [0.25, 0.3) is 0 Å². The Bertz CT molecular complexity index is 1050. The van der Waals surface area contributed by atoms with Gasteiger partial charge in [0.05, 0.1) is 16.8 Å². The van der Waals surface area contributed by atoms with Crippen LogP contribution in [-0.4, -0.2) is 31.2 Å². The Morgan fingerprint density at radius 3 is 2.67 bits per heavy atom. The normalized spacial score (nSPS) is 11.0. The maximum atomic E-state index is 11.1. The molecule has 0 saturated heterocycles. The van der Waals surface area contributed by atoms with Gasteiger partial charge in [-0.05, 0) is 25.1 Å². The van der Waals surface area contributed by atoms with Gasteiger partial charge in [-0.25, -0.2) is 9.48 Å². The molecule has 0 aliphatic carbocycles. The third kappa shape index (κ3) is 2.14. The zero-order valence-electron chi connectivity index (χ0n) is 12.7. The fourth-order valence-electron chi connectivity index (χ4n) is 2.63. The van der Waals surface area contributed by atoms with E-state index in [9.17, 15) is 4.79 Å². The lowest BCUT2D eigenvalue weighted by Crippen LogP contribution is -2.02. The van der Waals surface area contributed by atoms with Crippen molar-refractivity contribution in [1.82, 2.24) is 20.2 Å². The summed E-state index contributed by atoms with van der Waals surface area (Å²) >= 11 is 0. The monoisotopic (exact) mass is 320 g/mol. The molecular formula is C17H12N4O3. The lowest BCUT2D eigenvalue weighted by molar-refractivity contribution is 0.0689. The lowest BCUT2D eigenvalue weighted by atomic mass is 10.1. The molecule has 24 heavy (non-hydrogen) atoms. The van der Waals surface area contributed by atoms with Crippen LogP contribution in [0.5, 0.6) is 0 Å². The first-order valence-corrected chi connectivity index (χ1v) is 7.26. The molecule has 2 heterocycles. The Morgan fingerprint density at radius 1 is 1.17 bits per heavy atom. The van der Waals surface area contributed by atoms with Crippen LogP contribution in [0, 0.1) is 6.92 Å². The molecule has 7 nitrogen and oxygen atoms in total. The number of carboxylic acid groups (broad SMARTS) is 1. The molecule has 0 bridgehead atoms. The second kappa shape index (κ2) is 5.31. The Hall–Kier alpha value is -3.48. The van der Waals surface area contributed by atoms with E-state index in [0.29, 0.717) is 22.7 Å². The molecule has 0 amide bonds. The first kappa shape index (κ1) is 14.1. The maximum Gasteiger partial charge on any atom is 0.358 e. The van der Waals surface area contributed by atoms with Crippen molar-refractivity contribution in [3.05, 3.63) is 59.9 Å². The van der Waals surface area contributed by atoms with Gasteiger partial charge < -0.3 is 9.63 Å². The SMILES string of the molecule is Cc1c(C(=O)O)nnn1-c1ccc2noc(-c3ccccc3)c2c1. The summed E-state index contributed by atoms with van der Waals surface area (Å²) in [5.41, 5.74) is 2.72. The number of aromatic nitrogens is 4. The molecular weight excluding hydrogens is 308 g/mol. The predicted octanol–water partition coefficient (Wildman–Crippen LogP) is 3.08. The zero-order chi connectivity index (χ0) is 16.7. The molecule has 2 aromatic carbocycles. The van der Waals surface area contributed by atoms with Gasteiger partial charge in [0.2, 0.25) is 0 Å². The number of carbonyl (C=O) groups is 1. The topological polar surface area (TPSA) is 94.0 Å². The van der Waals surface area contributed by atoms with Gasteiger partial charge in [-0.15, -0.1) is 5.10 Å². The smallest absolute Gasteiger partial charge is 0.358 e. The van der Waals surface area contributed by atoms with Crippen molar-refractivity contribution in [3.8, 4) is 17.0 Å². The molecule has 0 unspecified atom stereocenters. The van der Waals surface area contributed by atoms with E-state index in [-0.39, 0.29) is 5.69 Å². The Kier molecular flexibility index (Phi) is 3.13. The fraction of sp³-hybridized carbons (Fsp3) is 0.0588. The first-order valence-electron chi connectivity index (χ1n) is 7.26. The summed E-state index contributed by atoms with van der Waals surface area (Å²) < 4.78 is 6.97. The molecule has 0 aliphatic rings. The number of rotatable bonds is 3. The van der Waals surface area contributed by atoms with Crippen LogP contribution < -0.4 is 0 Å². The van der Waals surface area contributed by atoms with Crippen molar-refractivity contribution >= 4 is 16.9 Å². The second-order valence-corrected chi connectivity index (χ2v) is 5.32. The average Bonchev–Trinajstić information content (AvgIpc) is 3.18. The zero-order valence-corrected chi connectivity index (χ0v) is 12.7. The van der Waals surface area contributed by atoms with Crippen molar-refractivity contribution in [1.29, 1.82) is 0 Å². The number of hydrogen-bond acceptors (Lipinski definition) is 5. The summed E-state index contributed by atoms with van der Waals surface area (Å²) in [7, 11) is 0. The molecule has 118 valence electrons. The van der Waals surface area contributed by atoms with Gasteiger partial charge >= 0.3 is 5.97 Å². The van der Waals surface area contributed by atoms with Crippen LogP contribution in [0.3, 0.4) is 0 Å². The van der Waals surface area contributed by atoms with Crippen LogP contribution in [0.25, 0.3) is 27.9 Å². The van der Waals surface area contributed by atoms with Gasteiger partial charge in [-0.2, -0.15) is 0 Å². The maximum absolute atomic E-state index is 11.1. The summed E-state index contributed by atoms with van der Waals surface area (Å²) in [5.74, 6) is -0.446. The van der Waals surface area contributed by atoms with E-state index >= 15 is 0 Å². The van der Waals surface area contributed by atoms with E-state index in [1.54, 1.807) is 13.0 Å². The number of aromatic carboxylic acids is 1. The van der Waals surface area contributed by atoms with Crippen LogP contribution in [-0.2, 0) is 0 Å². The highest BCUT2D eigenvalue weighted by atomic mass is 16.5. The highest BCUT2D eigenvalue weighted by Gasteiger charge is 2.17. The summed E-state index contributed by atoms with van der Waals surface area (Å²) in [6.07, 6.45) is 0. The second-order valence-electron chi connectivity index (χ2n) is 5.32. The average molecular weight is 320 g/mol. The summed E-state index contributed by atoms with van der Waals surface area (Å²) in [6.45, 7) is 1.67. The van der Waals surface area contributed by atoms with Gasteiger partial charge in [0.1, 0.15) is 5.52 Å². The summed E-state index contributed by atoms with van der Waals surface area (Å²) in [5, 5.41) is 21.7. The largest absolute Gasteiger partial charge is 0.476 e. The van der Waals surface area contributed by atoms with Crippen LogP contribution in [0.1, 0.15) is 16.2 Å². The van der Waals surface area contributed by atoms with E-state index in [4.69, 9.17) is 9.63 Å². The minimum atomic E-state index is -1.10. The van der Waals surface area contributed by atoms with E-state index < -0.39 is 5.97 Å². The van der Waals surface area contributed by atoms with Crippen molar-refractivity contribution < 1.29 is 14.4 Å². The molecule has 4 rings (SSSR count). The van der Waals surface area contributed by atoms with Gasteiger partial charge in [-0.1, -0.05) is 40.7 Å². The van der Waals surface area contributed by atoms with Gasteiger partial charge in [0.15, 0.2) is 11.5 Å². The molecule has 0 aliphatic heterocycles. The molecule has 4 aromatic rings. The lowest BCUT2D eigenvalue weighted by Gasteiger charge is -2.03. The van der Waals surface area contributed by atoms with E-state index in [0.717, 1.165) is 10.9 Å². The highest BCUT2D eigenvalue weighted by molar-refractivity contribution is 5.93. The summed E-state index contributed by atoms with van der Waals surface area (Å²) in [4.78, 5) is 11.1. The third-order valence-electron chi connectivity index (χ3n) is 3.84. The van der Waals surface area contributed by atoms with Crippen molar-refractivity contribution in [2.24, 2.45) is 0 Å². The van der Waals surface area contributed by atoms with Crippen molar-refractivity contribution in [2.75, 3.05) is 0 Å². The van der Waals surface area contributed by atoms with Crippen LogP contribution >= 0.6 is 0 Å². The molecule has 0 atom stereocenters. The molecule has 7 heteroatoms. The number of carboxylic acids is 1. The van der Waals surface area contributed by atoms with Crippen LogP contribution in [0.15, 0.2) is 53.1 Å². The van der Waals surface area contributed by atoms with Crippen molar-refractivity contribution in [2.45, 2.75) is 6.92 Å². The number of nitrogens with zero attached hydrogens (tertiary/aromatic N) is 4. The Labute approximate surface area is 136 Å². The minimum absolute atomic E-state index is 0.0660. The predicted molar refractivity (Wildman–Crippen MR) is 86.1 cm³/mol. The molecule has 0 saturated carbocycles. The Balaban J connectivity index is 1.88. The number of fused-ring (bicyclic) bond motifs is 1. The van der Waals surface area contributed by atoms with Crippen LogP contribution in [0.4, 0.5) is 0 Å². The third-order valence-corrected chi connectivity index (χ3v) is 3.84. The number of hydrogen-bond donors (Lipinski definition) is 1. The molecule has 0 radical (unpaired) electrons.